The van der Waals surface area contributed by atoms with Gasteiger partial charge in [0.1, 0.15) is 0 Å². The van der Waals surface area contributed by atoms with Crippen LogP contribution in [-0.4, -0.2) is 31.9 Å². The third-order valence-corrected chi connectivity index (χ3v) is 6.53. The summed E-state index contributed by atoms with van der Waals surface area (Å²) in [5.74, 6) is 0.368. The Morgan fingerprint density at radius 3 is 2.68 bits per heavy atom. The highest BCUT2D eigenvalue weighted by atomic mass is 79.9. The average Bonchev–Trinajstić information content (AvgIpc) is 2.32. The van der Waals surface area contributed by atoms with Gasteiger partial charge in [0.15, 0.2) is 0 Å². The van der Waals surface area contributed by atoms with E-state index in [0.717, 1.165) is 12.0 Å². The van der Waals surface area contributed by atoms with Gasteiger partial charge in [0.25, 0.3) is 0 Å². The average molecular weight is 347 g/mol. The Morgan fingerprint density at radius 1 is 1.42 bits per heavy atom. The Bertz CT molecular complexity index is 574. The van der Waals surface area contributed by atoms with Crippen LogP contribution in [0.1, 0.15) is 18.9 Å². The van der Waals surface area contributed by atoms with Crippen molar-refractivity contribution in [3.05, 3.63) is 28.2 Å². The summed E-state index contributed by atoms with van der Waals surface area (Å²) in [6, 6.07) is 5.19. The minimum atomic E-state index is -3.46. The Labute approximate surface area is 123 Å². The van der Waals surface area contributed by atoms with E-state index >= 15 is 0 Å². The third-order valence-electron chi connectivity index (χ3n) is 3.68. The topological polar surface area (TPSA) is 63.4 Å². The van der Waals surface area contributed by atoms with E-state index in [1.165, 1.54) is 4.31 Å². The summed E-state index contributed by atoms with van der Waals surface area (Å²) in [5.41, 5.74) is 7.01. The fourth-order valence-corrected chi connectivity index (χ4v) is 4.89. The number of benzene rings is 1. The molecule has 1 aromatic rings. The normalized spacial score (nSPS) is 25.5. The van der Waals surface area contributed by atoms with Gasteiger partial charge in [-0.3, -0.25) is 0 Å². The van der Waals surface area contributed by atoms with E-state index in [0.29, 0.717) is 28.4 Å². The number of hydrogen-bond acceptors (Lipinski definition) is 3. The van der Waals surface area contributed by atoms with Crippen LogP contribution in [0.25, 0.3) is 0 Å². The molecule has 1 aromatic carbocycles. The third kappa shape index (κ3) is 3.02. The minimum Gasteiger partial charge on any atom is -0.326 e. The van der Waals surface area contributed by atoms with E-state index in [4.69, 9.17) is 5.73 Å². The van der Waals surface area contributed by atoms with Crippen LogP contribution in [-0.2, 0) is 10.0 Å². The van der Waals surface area contributed by atoms with Gasteiger partial charge in [-0.2, -0.15) is 4.31 Å². The maximum Gasteiger partial charge on any atom is 0.244 e. The smallest absolute Gasteiger partial charge is 0.244 e. The van der Waals surface area contributed by atoms with Gasteiger partial charge in [-0.1, -0.05) is 13.0 Å². The molecule has 106 valence electrons. The van der Waals surface area contributed by atoms with Gasteiger partial charge >= 0.3 is 0 Å². The van der Waals surface area contributed by atoms with Crippen LogP contribution < -0.4 is 5.73 Å². The second kappa shape index (κ2) is 5.52. The molecule has 19 heavy (non-hydrogen) atoms. The summed E-state index contributed by atoms with van der Waals surface area (Å²) >= 11 is 3.34. The van der Waals surface area contributed by atoms with E-state index in [1.54, 1.807) is 6.07 Å². The van der Waals surface area contributed by atoms with Crippen LogP contribution in [0.3, 0.4) is 0 Å². The molecule has 2 atom stereocenters. The molecule has 1 saturated heterocycles. The summed E-state index contributed by atoms with van der Waals surface area (Å²) in [7, 11) is -3.46. The SMILES string of the molecule is Cc1ccc(S(=O)(=O)N2CCC(C)C(N)C2)c(Br)c1. The van der Waals surface area contributed by atoms with E-state index < -0.39 is 10.0 Å². The lowest BCUT2D eigenvalue weighted by molar-refractivity contribution is 0.253. The zero-order chi connectivity index (χ0) is 14.2. The van der Waals surface area contributed by atoms with Crippen molar-refractivity contribution in [2.75, 3.05) is 13.1 Å². The maximum absolute atomic E-state index is 12.6. The van der Waals surface area contributed by atoms with Crippen LogP contribution in [0.15, 0.2) is 27.6 Å². The molecule has 2 unspecified atom stereocenters. The van der Waals surface area contributed by atoms with Gasteiger partial charge in [-0.25, -0.2) is 8.42 Å². The molecule has 2 rings (SSSR count). The van der Waals surface area contributed by atoms with Crippen molar-refractivity contribution in [1.82, 2.24) is 4.31 Å². The van der Waals surface area contributed by atoms with Crippen molar-refractivity contribution < 1.29 is 8.42 Å². The number of halogens is 1. The largest absolute Gasteiger partial charge is 0.326 e. The fourth-order valence-electron chi connectivity index (χ4n) is 2.24. The van der Waals surface area contributed by atoms with Crippen molar-refractivity contribution in [3.8, 4) is 0 Å². The molecule has 0 aliphatic carbocycles. The molecule has 0 spiro atoms. The van der Waals surface area contributed by atoms with Gasteiger partial charge in [-0.05, 0) is 52.9 Å². The molecule has 0 radical (unpaired) electrons. The predicted octanol–water partition coefficient (Wildman–Crippen LogP) is 2.12. The molecule has 1 fully saturated rings. The summed E-state index contributed by atoms with van der Waals surface area (Å²) in [6.45, 7) is 4.93. The maximum atomic E-state index is 12.6. The zero-order valence-electron chi connectivity index (χ0n) is 11.1. The van der Waals surface area contributed by atoms with Crippen LogP contribution in [0.5, 0.6) is 0 Å². The molecule has 1 heterocycles. The number of aryl methyl sites for hydroxylation is 1. The summed E-state index contributed by atoms with van der Waals surface area (Å²) in [6.07, 6.45) is 0.809. The van der Waals surface area contributed by atoms with Crippen LogP contribution in [0, 0.1) is 12.8 Å². The van der Waals surface area contributed by atoms with Crippen LogP contribution in [0.2, 0.25) is 0 Å². The van der Waals surface area contributed by atoms with E-state index in [1.807, 2.05) is 19.1 Å². The van der Waals surface area contributed by atoms with Crippen molar-refractivity contribution >= 4 is 26.0 Å². The standard InChI is InChI=1S/C13H19BrN2O2S/c1-9-3-4-13(11(14)7-9)19(17,18)16-6-5-10(2)12(15)8-16/h3-4,7,10,12H,5-6,8,15H2,1-2H3. The highest BCUT2D eigenvalue weighted by Gasteiger charge is 2.32. The first kappa shape index (κ1) is 15.0. The number of nitrogens with two attached hydrogens (primary N) is 1. The Hall–Kier alpha value is -0.430. The van der Waals surface area contributed by atoms with Gasteiger partial charge in [0.2, 0.25) is 10.0 Å². The second-order valence-corrected chi connectivity index (χ2v) is 7.99. The Morgan fingerprint density at radius 2 is 2.11 bits per heavy atom. The highest BCUT2D eigenvalue weighted by Crippen LogP contribution is 2.28. The molecule has 1 aliphatic rings. The lowest BCUT2D eigenvalue weighted by Crippen LogP contribution is -2.49. The Kier molecular flexibility index (Phi) is 4.35. The van der Waals surface area contributed by atoms with Gasteiger partial charge in [0, 0.05) is 23.6 Å². The van der Waals surface area contributed by atoms with Crippen molar-refractivity contribution in [2.45, 2.75) is 31.2 Å². The molecule has 2 N–H and O–H groups in total. The monoisotopic (exact) mass is 346 g/mol. The number of hydrogen-bond donors (Lipinski definition) is 1. The second-order valence-electron chi connectivity index (χ2n) is 5.23. The van der Waals surface area contributed by atoms with Gasteiger partial charge in [0.05, 0.1) is 4.90 Å². The summed E-state index contributed by atoms with van der Waals surface area (Å²) < 4.78 is 27.3. The number of nitrogens with zero attached hydrogens (tertiary/aromatic N) is 1. The lowest BCUT2D eigenvalue weighted by atomic mass is 9.96. The van der Waals surface area contributed by atoms with Gasteiger partial charge in [-0.15, -0.1) is 0 Å². The molecule has 6 heteroatoms. The van der Waals surface area contributed by atoms with E-state index in [9.17, 15) is 8.42 Å². The lowest BCUT2D eigenvalue weighted by Gasteiger charge is -2.34. The molecular formula is C13H19BrN2O2S. The fraction of sp³-hybridized carbons (Fsp3) is 0.538. The molecular weight excluding hydrogens is 328 g/mol. The number of rotatable bonds is 2. The minimum absolute atomic E-state index is 0.0900. The van der Waals surface area contributed by atoms with Crippen molar-refractivity contribution in [1.29, 1.82) is 0 Å². The first-order valence-electron chi connectivity index (χ1n) is 6.34. The van der Waals surface area contributed by atoms with Crippen molar-refractivity contribution in [3.63, 3.8) is 0 Å². The van der Waals surface area contributed by atoms with E-state index in [2.05, 4.69) is 22.9 Å². The molecule has 1 aliphatic heterocycles. The summed E-state index contributed by atoms with van der Waals surface area (Å²) in [5, 5.41) is 0. The molecule has 0 amide bonds. The first-order chi connectivity index (χ1) is 8.82. The predicted molar refractivity (Wildman–Crippen MR) is 79.4 cm³/mol. The number of piperidine rings is 1. The summed E-state index contributed by atoms with van der Waals surface area (Å²) in [4.78, 5) is 0.319. The molecule has 0 aromatic heterocycles. The van der Waals surface area contributed by atoms with Crippen molar-refractivity contribution in [2.24, 2.45) is 11.7 Å². The zero-order valence-corrected chi connectivity index (χ0v) is 13.5. The first-order valence-corrected chi connectivity index (χ1v) is 8.57. The number of sulfonamides is 1. The Balaban J connectivity index is 2.32. The molecule has 0 saturated carbocycles. The van der Waals surface area contributed by atoms with E-state index in [-0.39, 0.29) is 6.04 Å². The quantitative estimate of drug-likeness (QED) is 0.891. The van der Waals surface area contributed by atoms with Crippen LogP contribution >= 0.6 is 15.9 Å². The highest BCUT2D eigenvalue weighted by molar-refractivity contribution is 9.10. The molecule has 0 bridgehead atoms. The van der Waals surface area contributed by atoms with Crippen LogP contribution in [0.4, 0.5) is 0 Å². The van der Waals surface area contributed by atoms with Gasteiger partial charge < -0.3 is 5.73 Å². The molecule has 4 nitrogen and oxygen atoms in total.